The summed E-state index contributed by atoms with van der Waals surface area (Å²) in [6.45, 7) is 1.78. The van der Waals surface area contributed by atoms with E-state index >= 15 is 0 Å². The third kappa shape index (κ3) is 5.57. The molecule has 170 valence electrons. The Morgan fingerprint density at radius 1 is 1.16 bits per heavy atom. The minimum absolute atomic E-state index is 0.165. The Balaban J connectivity index is 1.26. The standard InChI is InChI=1S/C21H22ClN3O5S2/c22-16-3-1-15(2-4-16)18-14-24-20(30-18)7-6-19(26)23-13-17-5-8-21(31-17)32(27,28)25-9-11-29-12-10-25/h1-5,8,14H,6-7,9-13H2,(H,23,26). The average Bonchev–Trinajstić information content (AvgIpc) is 3.48. The monoisotopic (exact) mass is 495 g/mol. The maximum absolute atomic E-state index is 12.7. The van der Waals surface area contributed by atoms with Crippen molar-refractivity contribution in [2.24, 2.45) is 0 Å². The van der Waals surface area contributed by atoms with Crippen LogP contribution in [0.4, 0.5) is 0 Å². The molecule has 1 aromatic carbocycles. The number of amides is 1. The fourth-order valence-electron chi connectivity index (χ4n) is 3.17. The predicted molar refractivity (Wildman–Crippen MR) is 121 cm³/mol. The van der Waals surface area contributed by atoms with Gasteiger partial charge in [-0.25, -0.2) is 13.4 Å². The van der Waals surface area contributed by atoms with Crippen LogP contribution in [0.25, 0.3) is 11.3 Å². The van der Waals surface area contributed by atoms with Crippen molar-refractivity contribution < 1.29 is 22.4 Å². The third-order valence-corrected chi connectivity index (χ3v) is 8.61. The van der Waals surface area contributed by atoms with Gasteiger partial charge >= 0.3 is 0 Å². The Bertz CT molecular complexity index is 1170. The highest BCUT2D eigenvalue weighted by atomic mass is 35.5. The number of sulfonamides is 1. The molecule has 1 aliphatic rings. The number of hydrogen-bond acceptors (Lipinski definition) is 7. The van der Waals surface area contributed by atoms with Crippen LogP contribution in [0.15, 0.2) is 51.2 Å². The van der Waals surface area contributed by atoms with E-state index in [9.17, 15) is 13.2 Å². The number of thiophene rings is 1. The van der Waals surface area contributed by atoms with Gasteiger partial charge in [0.05, 0.1) is 26.0 Å². The second-order valence-electron chi connectivity index (χ2n) is 7.14. The van der Waals surface area contributed by atoms with E-state index in [0.717, 1.165) is 10.4 Å². The maximum atomic E-state index is 12.7. The fourth-order valence-corrected chi connectivity index (χ4v) is 6.16. The smallest absolute Gasteiger partial charge is 0.252 e. The Morgan fingerprint density at radius 2 is 1.91 bits per heavy atom. The van der Waals surface area contributed by atoms with Crippen LogP contribution >= 0.6 is 22.9 Å². The first kappa shape index (κ1) is 22.9. The lowest BCUT2D eigenvalue weighted by Crippen LogP contribution is -2.40. The second kappa shape index (κ2) is 10.1. The van der Waals surface area contributed by atoms with Gasteiger partial charge in [0, 0.05) is 41.4 Å². The lowest BCUT2D eigenvalue weighted by atomic mass is 10.2. The van der Waals surface area contributed by atoms with Crippen LogP contribution in [0, 0.1) is 0 Å². The molecule has 0 atom stereocenters. The summed E-state index contributed by atoms with van der Waals surface area (Å²) in [6.07, 6.45) is 2.20. The summed E-state index contributed by atoms with van der Waals surface area (Å²) < 4.78 is 38.0. The number of nitrogens with zero attached hydrogens (tertiary/aromatic N) is 2. The van der Waals surface area contributed by atoms with E-state index in [1.807, 2.05) is 12.1 Å². The third-order valence-electron chi connectivity index (χ3n) is 4.91. The van der Waals surface area contributed by atoms with Crippen molar-refractivity contribution in [3.8, 4) is 11.3 Å². The Labute approximate surface area is 195 Å². The molecule has 0 spiro atoms. The number of aromatic nitrogens is 1. The molecule has 32 heavy (non-hydrogen) atoms. The van der Waals surface area contributed by atoms with E-state index in [2.05, 4.69) is 10.3 Å². The van der Waals surface area contributed by atoms with Crippen LogP contribution in [-0.2, 0) is 32.5 Å². The van der Waals surface area contributed by atoms with Crippen molar-refractivity contribution in [3.63, 3.8) is 0 Å². The SMILES string of the molecule is O=C(CCc1ncc(-c2ccc(Cl)cc2)o1)NCc1ccc(S(=O)(=O)N2CCOCC2)s1. The molecule has 0 bridgehead atoms. The quantitative estimate of drug-likeness (QED) is 0.514. The second-order valence-corrected chi connectivity index (χ2v) is 10.9. The molecule has 3 heterocycles. The summed E-state index contributed by atoms with van der Waals surface area (Å²) in [7, 11) is -3.52. The van der Waals surface area contributed by atoms with Gasteiger partial charge in [-0.05, 0) is 36.4 Å². The highest BCUT2D eigenvalue weighted by Crippen LogP contribution is 2.26. The normalized spacial score (nSPS) is 15.0. The predicted octanol–water partition coefficient (Wildman–Crippen LogP) is 3.33. The number of aryl methyl sites for hydroxylation is 1. The largest absolute Gasteiger partial charge is 0.441 e. The number of ether oxygens (including phenoxy) is 1. The summed E-state index contributed by atoms with van der Waals surface area (Å²) in [5, 5.41) is 3.46. The summed E-state index contributed by atoms with van der Waals surface area (Å²) in [4.78, 5) is 17.2. The van der Waals surface area contributed by atoms with Crippen molar-refractivity contribution in [1.29, 1.82) is 0 Å². The molecule has 1 N–H and O–H groups in total. The molecular weight excluding hydrogens is 474 g/mol. The molecule has 1 aliphatic heterocycles. The van der Waals surface area contributed by atoms with Crippen molar-refractivity contribution in [1.82, 2.24) is 14.6 Å². The maximum Gasteiger partial charge on any atom is 0.252 e. The topological polar surface area (TPSA) is 102 Å². The van der Waals surface area contributed by atoms with E-state index in [4.69, 9.17) is 20.8 Å². The van der Waals surface area contributed by atoms with Gasteiger partial charge in [-0.2, -0.15) is 4.31 Å². The number of hydrogen-bond donors (Lipinski definition) is 1. The van der Waals surface area contributed by atoms with Gasteiger partial charge in [0.25, 0.3) is 10.0 Å². The minimum Gasteiger partial charge on any atom is -0.441 e. The molecule has 0 aliphatic carbocycles. The molecule has 1 saturated heterocycles. The van der Waals surface area contributed by atoms with Crippen LogP contribution < -0.4 is 5.32 Å². The number of carbonyl (C=O) groups is 1. The Hall–Kier alpha value is -2.24. The Morgan fingerprint density at radius 3 is 2.66 bits per heavy atom. The molecule has 3 aromatic rings. The van der Waals surface area contributed by atoms with Gasteiger partial charge in [0.15, 0.2) is 11.7 Å². The van der Waals surface area contributed by atoms with Gasteiger partial charge in [0.2, 0.25) is 5.91 Å². The van der Waals surface area contributed by atoms with Crippen molar-refractivity contribution in [2.75, 3.05) is 26.3 Å². The first-order valence-electron chi connectivity index (χ1n) is 10.1. The highest BCUT2D eigenvalue weighted by molar-refractivity contribution is 7.91. The zero-order chi connectivity index (χ0) is 22.6. The van der Waals surface area contributed by atoms with Gasteiger partial charge in [-0.3, -0.25) is 4.79 Å². The summed E-state index contributed by atoms with van der Waals surface area (Å²) in [6, 6.07) is 10.5. The number of nitrogens with one attached hydrogen (secondary N) is 1. The van der Waals surface area contributed by atoms with Crippen LogP contribution in [-0.4, -0.2) is 49.9 Å². The lowest BCUT2D eigenvalue weighted by Gasteiger charge is -2.25. The fraction of sp³-hybridized carbons (Fsp3) is 0.333. The molecule has 8 nitrogen and oxygen atoms in total. The molecule has 0 saturated carbocycles. The number of carbonyl (C=O) groups excluding carboxylic acids is 1. The highest BCUT2D eigenvalue weighted by Gasteiger charge is 2.27. The lowest BCUT2D eigenvalue weighted by molar-refractivity contribution is -0.121. The van der Waals surface area contributed by atoms with Crippen molar-refractivity contribution in [3.05, 3.63) is 58.4 Å². The van der Waals surface area contributed by atoms with E-state index < -0.39 is 10.0 Å². The van der Waals surface area contributed by atoms with Gasteiger partial charge in [-0.1, -0.05) is 11.6 Å². The zero-order valence-corrected chi connectivity index (χ0v) is 19.5. The van der Waals surface area contributed by atoms with Crippen molar-refractivity contribution >= 4 is 38.9 Å². The van der Waals surface area contributed by atoms with Crippen LogP contribution in [0.3, 0.4) is 0 Å². The van der Waals surface area contributed by atoms with Crippen LogP contribution in [0.2, 0.25) is 5.02 Å². The molecule has 0 radical (unpaired) electrons. The summed E-state index contributed by atoms with van der Waals surface area (Å²) in [5.74, 6) is 0.923. The summed E-state index contributed by atoms with van der Waals surface area (Å²) >= 11 is 7.06. The number of benzene rings is 1. The first-order valence-corrected chi connectivity index (χ1v) is 12.7. The molecule has 1 fully saturated rings. The molecule has 1 amide bonds. The average molecular weight is 496 g/mol. The van der Waals surface area contributed by atoms with E-state index in [1.165, 1.54) is 15.6 Å². The first-order chi connectivity index (χ1) is 15.4. The molecule has 4 rings (SSSR count). The Kier molecular flexibility index (Phi) is 7.27. The number of rotatable bonds is 8. The minimum atomic E-state index is -3.52. The van der Waals surface area contributed by atoms with Gasteiger partial charge in [0.1, 0.15) is 4.21 Å². The van der Waals surface area contributed by atoms with Crippen molar-refractivity contribution in [2.45, 2.75) is 23.6 Å². The van der Waals surface area contributed by atoms with Gasteiger partial charge < -0.3 is 14.5 Å². The van der Waals surface area contributed by atoms with E-state index in [1.54, 1.807) is 30.5 Å². The molecule has 2 aromatic heterocycles. The van der Waals surface area contributed by atoms with Gasteiger partial charge in [-0.15, -0.1) is 11.3 Å². The molecule has 0 unspecified atom stereocenters. The number of morpholine rings is 1. The number of oxazole rings is 1. The molecular formula is C21H22ClN3O5S2. The number of halogens is 1. The zero-order valence-electron chi connectivity index (χ0n) is 17.1. The van der Waals surface area contributed by atoms with Crippen LogP contribution in [0.1, 0.15) is 17.2 Å². The van der Waals surface area contributed by atoms with E-state index in [0.29, 0.717) is 49.4 Å². The van der Waals surface area contributed by atoms with E-state index in [-0.39, 0.29) is 23.1 Å². The summed E-state index contributed by atoms with van der Waals surface area (Å²) in [5.41, 5.74) is 0.859. The van der Waals surface area contributed by atoms with Crippen LogP contribution in [0.5, 0.6) is 0 Å². The molecule has 11 heteroatoms.